The molecule has 5 heteroatoms. The molecule has 0 aliphatic carbocycles. The number of carbonyl (C=O) groups excluding carboxylic acids is 2. The maximum absolute atomic E-state index is 12.2. The first kappa shape index (κ1) is 14.3. The number of likely N-dealkylation sites (tertiary alicyclic amines) is 1. The minimum Gasteiger partial charge on any atom is -0.354 e. The van der Waals surface area contributed by atoms with E-state index in [1.807, 2.05) is 0 Å². The fraction of sp³-hybridized carbons (Fsp3) is 0.857. The molecule has 0 aromatic carbocycles. The van der Waals surface area contributed by atoms with Gasteiger partial charge in [0.25, 0.3) is 0 Å². The summed E-state index contributed by atoms with van der Waals surface area (Å²) in [6.45, 7) is 2.77. The molecule has 0 saturated carbocycles. The summed E-state index contributed by atoms with van der Waals surface area (Å²) in [6, 6.07) is 0.540. The Kier molecular flexibility index (Phi) is 5.19. The van der Waals surface area contributed by atoms with Gasteiger partial charge in [-0.3, -0.25) is 9.59 Å². The van der Waals surface area contributed by atoms with Crippen LogP contribution in [0.3, 0.4) is 0 Å². The number of hydrogen-bond acceptors (Lipinski definition) is 3. The molecule has 0 spiro atoms. The Balaban J connectivity index is 1.78. The number of rotatable bonds is 3. The molecule has 108 valence electrons. The Bertz CT molecular complexity index is 333. The third kappa shape index (κ3) is 4.20. The Morgan fingerprint density at radius 3 is 2.95 bits per heavy atom. The normalized spacial score (nSPS) is 25.8. The third-order valence-electron chi connectivity index (χ3n) is 4.23. The average molecular weight is 267 g/mol. The van der Waals surface area contributed by atoms with Crippen LogP contribution in [-0.2, 0) is 9.59 Å². The topological polar surface area (TPSA) is 52.7 Å². The molecule has 19 heavy (non-hydrogen) atoms. The quantitative estimate of drug-likeness (QED) is 0.814. The highest BCUT2D eigenvalue weighted by Gasteiger charge is 2.23. The van der Waals surface area contributed by atoms with Gasteiger partial charge in [0, 0.05) is 25.6 Å². The lowest BCUT2D eigenvalue weighted by molar-refractivity contribution is -0.135. The van der Waals surface area contributed by atoms with Gasteiger partial charge in [-0.05, 0) is 39.3 Å². The number of amides is 2. The number of hydrogen-bond donors (Lipinski definition) is 1. The van der Waals surface area contributed by atoms with Crippen molar-refractivity contribution in [3.8, 4) is 0 Å². The van der Waals surface area contributed by atoms with Crippen molar-refractivity contribution < 1.29 is 9.59 Å². The Hall–Kier alpha value is -1.10. The minimum atomic E-state index is -0.0272. The predicted molar refractivity (Wildman–Crippen MR) is 73.7 cm³/mol. The summed E-state index contributed by atoms with van der Waals surface area (Å²) in [7, 11) is 2.15. The van der Waals surface area contributed by atoms with Crippen molar-refractivity contribution in [2.24, 2.45) is 0 Å². The van der Waals surface area contributed by atoms with Crippen LogP contribution < -0.4 is 5.32 Å². The highest BCUT2D eigenvalue weighted by atomic mass is 16.2. The minimum absolute atomic E-state index is 0.0272. The standard InChI is InChI=1S/C14H25N3O2/c1-16-9-3-2-5-12(16)6-7-14(19)17-10-4-8-15-13(18)11-17/h12H,2-11H2,1H3,(H,15,18)/t12-/m0/s1. The van der Waals surface area contributed by atoms with Crippen LogP contribution in [0.1, 0.15) is 38.5 Å². The number of nitrogens with zero attached hydrogens (tertiary/aromatic N) is 2. The van der Waals surface area contributed by atoms with Crippen molar-refractivity contribution in [2.45, 2.75) is 44.6 Å². The molecule has 2 rings (SSSR count). The Morgan fingerprint density at radius 2 is 2.16 bits per heavy atom. The molecule has 2 heterocycles. The molecule has 2 saturated heterocycles. The smallest absolute Gasteiger partial charge is 0.239 e. The zero-order chi connectivity index (χ0) is 13.7. The number of piperidine rings is 1. The van der Waals surface area contributed by atoms with E-state index < -0.39 is 0 Å². The summed E-state index contributed by atoms with van der Waals surface area (Å²) in [5, 5.41) is 2.80. The Morgan fingerprint density at radius 1 is 1.32 bits per heavy atom. The van der Waals surface area contributed by atoms with E-state index in [-0.39, 0.29) is 18.4 Å². The summed E-state index contributed by atoms with van der Waals surface area (Å²) in [5.74, 6) is 0.108. The van der Waals surface area contributed by atoms with Gasteiger partial charge in [-0.2, -0.15) is 0 Å². The molecule has 2 aliphatic rings. The van der Waals surface area contributed by atoms with Crippen LogP contribution in [0.5, 0.6) is 0 Å². The van der Waals surface area contributed by atoms with Crippen LogP contribution in [-0.4, -0.2) is 60.9 Å². The van der Waals surface area contributed by atoms with Crippen LogP contribution in [0.4, 0.5) is 0 Å². The fourth-order valence-corrected chi connectivity index (χ4v) is 2.98. The number of carbonyl (C=O) groups is 2. The van der Waals surface area contributed by atoms with Crippen molar-refractivity contribution in [2.75, 3.05) is 33.2 Å². The van der Waals surface area contributed by atoms with Gasteiger partial charge in [-0.15, -0.1) is 0 Å². The van der Waals surface area contributed by atoms with Gasteiger partial charge >= 0.3 is 0 Å². The van der Waals surface area contributed by atoms with Crippen molar-refractivity contribution in [3.05, 3.63) is 0 Å². The summed E-state index contributed by atoms with van der Waals surface area (Å²) in [5.41, 5.74) is 0. The predicted octanol–water partition coefficient (Wildman–Crippen LogP) is 0.599. The zero-order valence-electron chi connectivity index (χ0n) is 11.9. The van der Waals surface area contributed by atoms with Crippen LogP contribution in [0, 0.1) is 0 Å². The third-order valence-corrected chi connectivity index (χ3v) is 4.23. The summed E-state index contributed by atoms with van der Waals surface area (Å²) in [4.78, 5) is 27.7. The maximum Gasteiger partial charge on any atom is 0.239 e. The lowest BCUT2D eigenvalue weighted by Crippen LogP contribution is -2.40. The van der Waals surface area contributed by atoms with E-state index in [0.29, 0.717) is 25.6 Å². The molecule has 0 radical (unpaired) electrons. The van der Waals surface area contributed by atoms with E-state index >= 15 is 0 Å². The van der Waals surface area contributed by atoms with E-state index in [9.17, 15) is 9.59 Å². The summed E-state index contributed by atoms with van der Waals surface area (Å²) < 4.78 is 0. The SMILES string of the molecule is CN1CCCC[C@H]1CCC(=O)N1CCCNC(=O)C1. The van der Waals surface area contributed by atoms with Gasteiger partial charge in [-0.25, -0.2) is 0 Å². The molecule has 0 aromatic rings. The monoisotopic (exact) mass is 267 g/mol. The van der Waals surface area contributed by atoms with Crippen molar-refractivity contribution >= 4 is 11.8 Å². The molecule has 2 fully saturated rings. The van der Waals surface area contributed by atoms with Gasteiger partial charge in [0.2, 0.25) is 11.8 Å². The average Bonchev–Trinajstić information content (AvgIpc) is 2.62. The van der Waals surface area contributed by atoms with Gasteiger partial charge in [0.15, 0.2) is 0 Å². The first-order valence-corrected chi connectivity index (χ1v) is 7.41. The zero-order valence-corrected chi connectivity index (χ0v) is 11.9. The Labute approximate surface area is 115 Å². The van der Waals surface area contributed by atoms with E-state index in [1.165, 1.54) is 19.3 Å². The second-order valence-electron chi connectivity index (χ2n) is 5.69. The van der Waals surface area contributed by atoms with Crippen molar-refractivity contribution in [1.29, 1.82) is 0 Å². The maximum atomic E-state index is 12.2. The van der Waals surface area contributed by atoms with Crippen LogP contribution in [0.25, 0.3) is 0 Å². The van der Waals surface area contributed by atoms with Gasteiger partial charge in [0.05, 0.1) is 6.54 Å². The molecule has 1 N–H and O–H groups in total. The van der Waals surface area contributed by atoms with E-state index in [0.717, 1.165) is 19.4 Å². The molecular formula is C14H25N3O2. The van der Waals surface area contributed by atoms with E-state index in [4.69, 9.17) is 0 Å². The molecule has 0 unspecified atom stereocenters. The van der Waals surface area contributed by atoms with Crippen molar-refractivity contribution in [3.63, 3.8) is 0 Å². The van der Waals surface area contributed by atoms with E-state index in [2.05, 4.69) is 17.3 Å². The lowest BCUT2D eigenvalue weighted by Gasteiger charge is -2.32. The van der Waals surface area contributed by atoms with Gasteiger partial charge < -0.3 is 15.1 Å². The molecule has 2 aliphatic heterocycles. The lowest BCUT2D eigenvalue weighted by atomic mass is 9.98. The highest BCUT2D eigenvalue weighted by Crippen LogP contribution is 2.19. The first-order valence-electron chi connectivity index (χ1n) is 7.41. The second-order valence-corrected chi connectivity index (χ2v) is 5.69. The van der Waals surface area contributed by atoms with Gasteiger partial charge in [-0.1, -0.05) is 6.42 Å². The number of nitrogens with one attached hydrogen (secondary N) is 1. The summed E-state index contributed by atoms with van der Waals surface area (Å²) in [6.07, 6.45) is 6.10. The first-order chi connectivity index (χ1) is 9.16. The molecule has 5 nitrogen and oxygen atoms in total. The second kappa shape index (κ2) is 6.89. The van der Waals surface area contributed by atoms with Crippen molar-refractivity contribution in [1.82, 2.24) is 15.1 Å². The van der Waals surface area contributed by atoms with Crippen LogP contribution in [0.15, 0.2) is 0 Å². The van der Waals surface area contributed by atoms with Crippen LogP contribution >= 0.6 is 0 Å². The van der Waals surface area contributed by atoms with Crippen LogP contribution in [0.2, 0.25) is 0 Å². The molecule has 0 bridgehead atoms. The van der Waals surface area contributed by atoms with Gasteiger partial charge in [0.1, 0.15) is 0 Å². The largest absolute Gasteiger partial charge is 0.354 e. The molecule has 2 amide bonds. The molecule has 0 aromatic heterocycles. The molecular weight excluding hydrogens is 242 g/mol. The summed E-state index contributed by atoms with van der Waals surface area (Å²) >= 11 is 0. The fourth-order valence-electron chi connectivity index (χ4n) is 2.98. The molecule has 1 atom stereocenters. The highest BCUT2D eigenvalue weighted by molar-refractivity contribution is 5.85. The van der Waals surface area contributed by atoms with E-state index in [1.54, 1.807) is 4.90 Å².